The molecule has 17 heavy (non-hydrogen) atoms. The fourth-order valence-electron chi connectivity index (χ4n) is 1.43. The smallest absolute Gasteiger partial charge is 0.295 e. The molecule has 0 bridgehead atoms. The van der Waals surface area contributed by atoms with Crippen molar-refractivity contribution in [1.82, 2.24) is 19.5 Å². The van der Waals surface area contributed by atoms with Gasteiger partial charge in [-0.1, -0.05) is 0 Å². The minimum Gasteiger partial charge on any atom is -0.489 e. The van der Waals surface area contributed by atoms with E-state index in [4.69, 9.17) is 4.74 Å². The average molecular weight is 235 g/mol. The molecule has 0 fully saturated rings. The van der Waals surface area contributed by atoms with E-state index < -0.39 is 0 Å². The summed E-state index contributed by atoms with van der Waals surface area (Å²) in [4.78, 5) is 22.0. The first-order valence-corrected chi connectivity index (χ1v) is 5.04. The molecule has 0 aliphatic carbocycles. The maximum Gasteiger partial charge on any atom is 0.295 e. The lowest BCUT2D eigenvalue weighted by Gasteiger charge is -2.08. The number of nitrogens with one attached hydrogen (secondary N) is 2. The van der Waals surface area contributed by atoms with Gasteiger partial charge in [0, 0.05) is 19.4 Å². The van der Waals surface area contributed by atoms with Crippen molar-refractivity contribution in [3.63, 3.8) is 0 Å². The van der Waals surface area contributed by atoms with Crippen molar-refractivity contribution in [2.75, 3.05) is 12.4 Å². The van der Waals surface area contributed by atoms with Gasteiger partial charge in [-0.3, -0.25) is 4.79 Å². The molecule has 0 aromatic carbocycles. The van der Waals surface area contributed by atoms with Gasteiger partial charge < -0.3 is 19.6 Å². The summed E-state index contributed by atoms with van der Waals surface area (Å²) >= 11 is 0. The molecular formula is C10H13N5O2. The number of nitrogens with zero attached hydrogens (tertiary/aromatic N) is 3. The summed E-state index contributed by atoms with van der Waals surface area (Å²) in [5, 5.41) is 3.01. The van der Waals surface area contributed by atoms with Crippen LogP contribution in [-0.4, -0.2) is 26.6 Å². The highest BCUT2D eigenvalue weighted by Gasteiger charge is 2.09. The molecule has 0 saturated heterocycles. The Morgan fingerprint density at radius 2 is 2.35 bits per heavy atom. The van der Waals surface area contributed by atoms with Crippen molar-refractivity contribution in [2.45, 2.75) is 6.54 Å². The second kappa shape index (κ2) is 4.69. The van der Waals surface area contributed by atoms with Crippen LogP contribution in [0.4, 0.5) is 5.82 Å². The maximum absolute atomic E-state index is 11.4. The molecule has 90 valence electrons. The van der Waals surface area contributed by atoms with E-state index in [2.05, 4.69) is 20.3 Å². The lowest BCUT2D eigenvalue weighted by atomic mass is 10.5. The molecular weight excluding hydrogens is 222 g/mol. The third kappa shape index (κ3) is 2.27. The van der Waals surface area contributed by atoms with E-state index >= 15 is 0 Å². The van der Waals surface area contributed by atoms with Crippen LogP contribution in [0.15, 0.2) is 23.5 Å². The van der Waals surface area contributed by atoms with E-state index in [9.17, 15) is 4.79 Å². The predicted molar refractivity (Wildman–Crippen MR) is 61.9 cm³/mol. The molecule has 2 aromatic heterocycles. The Bertz CT molecular complexity index is 560. The van der Waals surface area contributed by atoms with Crippen LogP contribution in [0.1, 0.15) is 5.82 Å². The van der Waals surface area contributed by atoms with Gasteiger partial charge in [0.25, 0.3) is 5.56 Å². The van der Waals surface area contributed by atoms with Crippen molar-refractivity contribution in [2.24, 2.45) is 7.05 Å². The average Bonchev–Trinajstić information content (AvgIpc) is 2.72. The first kappa shape index (κ1) is 11.2. The minimum absolute atomic E-state index is 0.168. The van der Waals surface area contributed by atoms with Crippen molar-refractivity contribution < 1.29 is 4.74 Å². The number of aromatic amines is 1. The van der Waals surface area contributed by atoms with Crippen LogP contribution in [0, 0.1) is 0 Å². The zero-order chi connectivity index (χ0) is 12.3. The van der Waals surface area contributed by atoms with Crippen molar-refractivity contribution >= 4 is 5.82 Å². The Labute approximate surface area is 97.5 Å². The highest BCUT2D eigenvalue weighted by molar-refractivity contribution is 5.47. The van der Waals surface area contributed by atoms with Crippen LogP contribution < -0.4 is 15.6 Å². The molecule has 0 aliphatic heterocycles. The summed E-state index contributed by atoms with van der Waals surface area (Å²) in [6.07, 6.45) is 4.88. The Hall–Kier alpha value is -2.31. The number of hydrogen-bond donors (Lipinski definition) is 2. The van der Waals surface area contributed by atoms with Gasteiger partial charge in [0.1, 0.15) is 5.82 Å². The van der Waals surface area contributed by atoms with Crippen LogP contribution in [-0.2, 0) is 13.6 Å². The van der Waals surface area contributed by atoms with Gasteiger partial charge in [-0.25, -0.2) is 9.97 Å². The summed E-state index contributed by atoms with van der Waals surface area (Å²) in [7, 11) is 3.32. The number of ether oxygens (including phenoxy) is 1. The second-order valence-corrected chi connectivity index (χ2v) is 3.42. The third-order valence-corrected chi connectivity index (χ3v) is 2.35. The van der Waals surface area contributed by atoms with Crippen LogP contribution in [0.5, 0.6) is 5.75 Å². The SMILES string of the molecule is COc1c(NCc2nccn2C)nc[nH]c1=O. The number of anilines is 1. The van der Waals surface area contributed by atoms with Gasteiger partial charge in [0.2, 0.25) is 5.75 Å². The number of rotatable bonds is 4. The molecule has 0 atom stereocenters. The predicted octanol–water partition coefficient (Wildman–Crippen LogP) is 0.124. The van der Waals surface area contributed by atoms with E-state index in [1.165, 1.54) is 13.4 Å². The van der Waals surface area contributed by atoms with E-state index in [1.54, 1.807) is 6.20 Å². The molecule has 2 heterocycles. The Morgan fingerprint density at radius 1 is 1.53 bits per heavy atom. The zero-order valence-corrected chi connectivity index (χ0v) is 9.60. The van der Waals surface area contributed by atoms with Gasteiger partial charge in [0.15, 0.2) is 5.82 Å². The highest BCUT2D eigenvalue weighted by Crippen LogP contribution is 2.14. The summed E-state index contributed by atoms with van der Waals surface area (Å²) in [5.74, 6) is 1.41. The van der Waals surface area contributed by atoms with Crippen LogP contribution >= 0.6 is 0 Å². The van der Waals surface area contributed by atoms with Crippen molar-refractivity contribution in [3.8, 4) is 5.75 Å². The molecule has 2 N–H and O–H groups in total. The minimum atomic E-state index is -0.315. The van der Waals surface area contributed by atoms with Gasteiger partial charge in [-0.05, 0) is 0 Å². The van der Waals surface area contributed by atoms with Gasteiger partial charge >= 0.3 is 0 Å². The Kier molecular flexibility index (Phi) is 3.08. The fraction of sp³-hybridized carbons (Fsp3) is 0.300. The lowest BCUT2D eigenvalue weighted by molar-refractivity contribution is 0.408. The number of hydrogen-bond acceptors (Lipinski definition) is 5. The standard InChI is InChI=1S/C10H13N5O2/c1-15-4-3-11-7(15)5-12-9-8(17-2)10(16)14-6-13-9/h3-4,6H,5H2,1-2H3,(H2,12,13,14,16). The molecule has 0 aliphatic rings. The first-order chi connectivity index (χ1) is 8.22. The third-order valence-electron chi connectivity index (χ3n) is 2.35. The number of aryl methyl sites for hydroxylation is 1. The van der Waals surface area contributed by atoms with Gasteiger partial charge in [-0.15, -0.1) is 0 Å². The monoisotopic (exact) mass is 235 g/mol. The second-order valence-electron chi connectivity index (χ2n) is 3.42. The fourth-order valence-corrected chi connectivity index (χ4v) is 1.43. The summed E-state index contributed by atoms with van der Waals surface area (Å²) in [6.45, 7) is 0.469. The molecule has 2 rings (SSSR count). The molecule has 0 radical (unpaired) electrons. The number of methoxy groups -OCH3 is 1. The normalized spacial score (nSPS) is 10.2. The van der Waals surface area contributed by atoms with Crippen LogP contribution in [0.25, 0.3) is 0 Å². The molecule has 0 unspecified atom stereocenters. The van der Waals surface area contributed by atoms with Gasteiger partial charge in [0.05, 0.1) is 20.0 Å². The lowest BCUT2D eigenvalue weighted by Crippen LogP contribution is -2.15. The molecule has 0 saturated carbocycles. The Balaban J connectivity index is 2.17. The number of imidazole rings is 1. The quantitative estimate of drug-likeness (QED) is 0.786. The summed E-state index contributed by atoms with van der Waals surface area (Å²) in [5.41, 5.74) is -0.315. The molecule has 0 amide bonds. The van der Waals surface area contributed by atoms with E-state index in [-0.39, 0.29) is 11.3 Å². The van der Waals surface area contributed by atoms with E-state index in [1.807, 2.05) is 17.8 Å². The number of H-pyrrole nitrogens is 1. The van der Waals surface area contributed by atoms with Gasteiger partial charge in [-0.2, -0.15) is 0 Å². The summed E-state index contributed by atoms with van der Waals surface area (Å²) < 4.78 is 6.86. The van der Waals surface area contributed by atoms with E-state index in [0.29, 0.717) is 12.4 Å². The summed E-state index contributed by atoms with van der Waals surface area (Å²) in [6, 6.07) is 0. The van der Waals surface area contributed by atoms with E-state index in [0.717, 1.165) is 5.82 Å². The molecule has 2 aromatic rings. The first-order valence-electron chi connectivity index (χ1n) is 5.04. The number of aromatic nitrogens is 4. The van der Waals surface area contributed by atoms with Crippen LogP contribution in [0.3, 0.4) is 0 Å². The molecule has 7 heteroatoms. The molecule has 7 nitrogen and oxygen atoms in total. The topological polar surface area (TPSA) is 84.8 Å². The van der Waals surface area contributed by atoms with Crippen molar-refractivity contribution in [3.05, 3.63) is 34.9 Å². The highest BCUT2D eigenvalue weighted by atomic mass is 16.5. The Morgan fingerprint density at radius 3 is 3.00 bits per heavy atom. The molecule has 0 spiro atoms. The largest absolute Gasteiger partial charge is 0.489 e. The zero-order valence-electron chi connectivity index (χ0n) is 9.60. The maximum atomic E-state index is 11.4. The van der Waals surface area contributed by atoms with Crippen molar-refractivity contribution in [1.29, 1.82) is 0 Å². The van der Waals surface area contributed by atoms with Crippen LogP contribution in [0.2, 0.25) is 0 Å².